The molecule has 0 unspecified atom stereocenters. The summed E-state index contributed by atoms with van der Waals surface area (Å²) in [5, 5.41) is 8.90. The summed E-state index contributed by atoms with van der Waals surface area (Å²) in [6.07, 6.45) is -3.96. The van der Waals surface area contributed by atoms with Crippen molar-refractivity contribution in [3.8, 4) is 11.3 Å². The molecule has 5 aromatic rings. The van der Waals surface area contributed by atoms with Crippen LogP contribution in [0.2, 0.25) is 0 Å². The molecule has 1 aliphatic heterocycles. The van der Waals surface area contributed by atoms with Gasteiger partial charge in [-0.15, -0.1) is 0 Å². The molecule has 3 heterocycles. The van der Waals surface area contributed by atoms with Crippen LogP contribution >= 0.6 is 0 Å². The van der Waals surface area contributed by atoms with Crippen molar-refractivity contribution in [1.82, 2.24) is 24.9 Å². The molecule has 3 aromatic carbocycles. The number of amides is 2. The minimum absolute atomic E-state index is 0.0659. The SMILES string of the molecule is O=C(Nc1cc(-c2cn3ncnc3cn2)cc2c1[C@H](c1cc(F)ccc1C(F)F)NC2=O)c1cc(F)cc(C(F)(F)F)c1. The van der Waals surface area contributed by atoms with Gasteiger partial charge in [0.25, 0.3) is 18.2 Å². The molecule has 43 heavy (non-hydrogen) atoms. The summed E-state index contributed by atoms with van der Waals surface area (Å²) in [6.45, 7) is 0. The number of nitrogens with zero attached hydrogens (tertiary/aromatic N) is 4. The first-order valence-electron chi connectivity index (χ1n) is 12.3. The second-order valence-electron chi connectivity index (χ2n) is 9.48. The van der Waals surface area contributed by atoms with Crippen LogP contribution in [-0.2, 0) is 6.18 Å². The summed E-state index contributed by atoms with van der Waals surface area (Å²) in [5.74, 6) is -4.18. The molecule has 0 bridgehead atoms. The number of hydrogen-bond donors (Lipinski definition) is 2. The van der Waals surface area contributed by atoms with Crippen LogP contribution in [-0.4, -0.2) is 31.4 Å². The normalized spacial score (nSPS) is 14.7. The highest BCUT2D eigenvalue weighted by Gasteiger charge is 2.37. The van der Waals surface area contributed by atoms with Gasteiger partial charge in [0.05, 0.1) is 29.7 Å². The number of rotatable bonds is 5. The van der Waals surface area contributed by atoms with Gasteiger partial charge in [0.2, 0.25) is 0 Å². The van der Waals surface area contributed by atoms with Gasteiger partial charge in [-0.1, -0.05) is 6.07 Å². The Morgan fingerprint density at radius 2 is 1.79 bits per heavy atom. The van der Waals surface area contributed by atoms with Crippen LogP contribution in [0.15, 0.2) is 67.3 Å². The molecule has 8 nitrogen and oxygen atoms in total. The van der Waals surface area contributed by atoms with Gasteiger partial charge in [-0.25, -0.2) is 27.1 Å². The number of benzene rings is 3. The number of aromatic nitrogens is 4. The first-order valence-corrected chi connectivity index (χ1v) is 12.3. The first kappa shape index (κ1) is 27.8. The molecule has 0 aliphatic carbocycles. The summed E-state index contributed by atoms with van der Waals surface area (Å²) in [4.78, 5) is 34.6. The number of nitrogens with one attached hydrogen (secondary N) is 2. The lowest BCUT2D eigenvalue weighted by Crippen LogP contribution is -2.22. The van der Waals surface area contributed by atoms with E-state index in [1.807, 2.05) is 0 Å². The van der Waals surface area contributed by atoms with Crippen LogP contribution in [0.3, 0.4) is 0 Å². The van der Waals surface area contributed by atoms with Crippen LogP contribution in [0.5, 0.6) is 0 Å². The average Bonchev–Trinajstić information content (AvgIpc) is 3.56. The molecular weight excluding hydrogens is 585 g/mol. The van der Waals surface area contributed by atoms with E-state index >= 15 is 0 Å². The second-order valence-corrected chi connectivity index (χ2v) is 9.48. The van der Waals surface area contributed by atoms with Crippen LogP contribution in [0.1, 0.15) is 55.4 Å². The van der Waals surface area contributed by atoms with E-state index in [9.17, 15) is 40.3 Å². The molecular formula is C28H15F7N6O2. The largest absolute Gasteiger partial charge is 0.416 e. The number of carbonyl (C=O) groups is 2. The molecule has 1 atom stereocenters. The van der Waals surface area contributed by atoms with Crippen LogP contribution in [0, 0.1) is 11.6 Å². The molecule has 0 saturated heterocycles. The maximum Gasteiger partial charge on any atom is 0.416 e. The van der Waals surface area contributed by atoms with Gasteiger partial charge in [-0.3, -0.25) is 14.6 Å². The molecule has 1 aliphatic rings. The van der Waals surface area contributed by atoms with Gasteiger partial charge < -0.3 is 10.6 Å². The third kappa shape index (κ3) is 5.13. The third-order valence-corrected chi connectivity index (χ3v) is 6.78. The zero-order valence-corrected chi connectivity index (χ0v) is 21.3. The minimum atomic E-state index is -4.96. The summed E-state index contributed by atoms with van der Waals surface area (Å²) in [5.41, 5.74) is -2.60. The standard InChI is InChI=1S/C28H15F7N6O2/c29-15-1-2-17(25(31)32)18(8-15)24-23-19(27(43)40-24)5-12(21-10-41-22(9-36-21)37-11-38-41)6-20(23)39-26(42)13-3-14(28(33,34)35)7-16(30)4-13/h1-11,24-25H,(H,39,42)(H,40,43)/t24-/m0/s1. The fourth-order valence-electron chi connectivity index (χ4n) is 4.87. The average molecular weight is 600 g/mol. The van der Waals surface area contributed by atoms with E-state index in [0.29, 0.717) is 17.8 Å². The van der Waals surface area contributed by atoms with Crippen molar-refractivity contribution in [3.05, 3.63) is 112 Å². The Kier molecular flexibility index (Phi) is 6.59. The minimum Gasteiger partial charge on any atom is -0.341 e. The first-order chi connectivity index (χ1) is 20.4. The predicted molar refractivity (Wildman–Crippen MR) is 136 cm³/mol. The zero-order chi connectivity index (χ0) is 30.6. The molecule has 0 spiro atoms. The van der Waals surface area contributed by atoms with E-state index < -0.39 is 58.8 Å². The quantitative estimate of drug-likeness (QED) is 0.237. The number of carbonyl (C=O) groups excluding carboxylic acids is 2. The van der Waals surface area contributed by atoms with Crippen LogP contribution in [0.25, 0.3) is 16.9 Å². The molecule has 0 radical (unpaired) electrons. The van der Waals surface area contributed by atoms with E-state index in [2.05, 4.69) is 25.7 Å². The van der Waals surface area contributed by atoms with Crippen molar-refractivity contribution < 1.29 is 40.3 Å². The van der Waals surface area contributed by atoms with E-state index in [4.69, 9.17) is 0 Å². The number of hydrogen-bond acceptors (Lipinski definition) is 5. The smallest absolute Gasteiger partial charge is 0.341 e. The van der Waals surface area contributed by atoms with Gasteiger partial charge in [0, 0.05) is 33.5 Å². The van der Waals surface area contributed by atoms with Crippen LogP contribution < -0.4 is 10.6 Å². The fraction of sp³-hybridized carbons (Fsp3) is 0.107. The Morgan fingerprint density at radius 1 is 1.00 bits per heavy atom. The van der Waals surface area contributed by atoms with Gasteiger partial charge in [-0.2, -0.15) is 18.3 Å². The lowest BCUT2D eigenvalue weighted by Gasteiger charge is -2.20. The lowest BCUT2D eigenvalue weighted by molar-refractivity contribution is -0.137. The van der Waals surface area contributed by atoms with Gasteiger partial charge in [-0.05, 0) is 48.0 Å². The Bertz CT molecular complexity index is 1940. The Hall–Kier alpha value is -5.34. The van der Waals surface area contributed by atoms with E-state index in [1.165, 1.54) is 35.4 Å². The topological polar surface area (TPSA) is 101 Å². The molecule has 2 aromatic heterocycles. The monoisotopic (exact) mass is 600 g/mol. The van der Waals surface area contributed by atoms with Crippen molar-refractivity contribution in [2.75, 3.05) is 5.32 Å². The van der Waals surface area contributed by atoms with E-state index in [1.54, 1.807) is 0 Å². The van der Waals surface area contributed by atoms with Crippen molar-refractivity contribution in [2.24, 2.45) is 0 Å². The predicted octanol–water partition coefficient (Wildman–Crippen LogP) is 6.11. The van der Waals surface area contributed by atoms with Crippen molar-refractivity contribution in [1.29, 1.82) is 0 Å². The Balaban J connectivity index is 1.52. The zero-order valence-electron chi connectivity index (χ0n) is 21.3. The lowest BCUT2D eigenvalue weighted by atomic mass is 9.91. The highest BCUT2D eigenvalue weighted by Crippen LogP contribution is 2.42. The van der Waals surface area contributed by atoms with Gasteiger partial charge in [0.1, 0.15) is 18.0 Å². The number of alkyl halides is 5. The molecule has 0 fully saturated rings. The number of halogens is 7. The number of fused-ring (bicyclic) bond motifs is 2. The van der Waals surface area contributed by atoms with Crippen molar-refractivity contribution in [3.63, 3.8) is 0 Å². The summed E-state index contributed by atoms with van der Waals surface area (Å²) >= 11 is 0. The van der Waals surface area contributed by atoms with Crippen LogP contribution in [0.4, 0.5) is 36.4 Å². The van der Waals surface area contributed by atoms with Gasteiger partial charge in [0.15, 0.2) is 5.65 Å². The molecule has 2 amide bonds. The molecule has 0 saturated carbocycles. The summed E-state index contributed by atoms with van der Waals surface area (Å²) < 4.78 is 97.5. The van der Waals surface area contributed by atoms with E-state index in [0.717, 1.165) is 18.2 Å². The Labute approximate surface area is 236 Å². The third-order valence-electron chi connectivity index (χ3n) is 6.78. The molecule has 6 rings (SSSR count). The molecule has 15 heteroatoms. The van der Waals surface area contributed by atoms with E-state index in [-0.39, 0.29) is 39.7 Å². The highest BCUT2D eigenvalue weighted by atomic mass is 19.4. The number of anilines is 1. The van der Waals surface area contributed by atoms with Crippen molar-refractivity contribution >= 4 is 23.1 Å². The van der Waals surface area contributed by atoms with Crippen molar-refractivity contribution in [2.45, 2.75) is 18.6 Å². The fourth-order valence-corrected chi connectivity index (χ4v) is 4.87. The summed E-state index contributed by atoms with van der Waals surface area (Å²) in [6, 6.07) is 4.99. The maximum absolute atomic E-state index is 14.3. The summed E-state index contributed by atoms with van der Waals surface area (Å²) in [7, 11) is 0. The maximum atomic E-state index is 14.3. The Morgan fingerprint density at radius 3 is 2.53 bits per heavy atom. The van der Waals surface area contributed by atoms with Gasteiger partial charge >= 0.3 is 6.18 Å². The molecule has 2 N–H and O–H groups in total. The highest BCUT2D eigenvalue weighted by molar-refractivity contribution is 6.08. The molecule has 218 valence electrons. The second kappa shape index (κ2) is 10.2.